The normalized spacial score (nSPS) is 10.9. The molecule has 1 N–H and O–H groups in total. The van der Waals surface area contributed by atoms with E-state index >= 15 is 0 Å². The first-order valence-corrected chi connectivity index (χ1v) is 4.79. The third-order valence-corrected chi connectivity index (χ3v) is 2.28. The van der Waals surface area contributed by atoms with Crippen LogP contribution in [0.2, 0.25) is 0 Å². The van der Waals surface area contributed by atoms with Crippen LogP contribution in [-0.2, 0) is 0 Å². The standard InChI is InChI=1S/C10H12N4O/c1-7(2)8-3-5-9(6-4-8)14-10(15)11-12-13-14/h3-7H,1-2H3,(H,11,13,15). The quantitative estimate of drug-likeness (QED) is 0.796. The van der Waals surface area contributed by atoms with Gasteiger partial charge in [0.15, 0.2) is 0 Å². The molecule has 0 aliphatic heterocycles. The Kier molecular flexibility index (Phi) is 2.37. The Morgan fingerprint density at radius 3 is 2.40 bits per heavy atom. The van der Waals surface area contributed by atoms with Crippen molar-refractivity contribution in [2.45, 2.75) is 19.8 Å². The maximum Gasteiger partial charge on any atom is 0.365 e. The Bertz CT molecular complexity index is 495. The molecule has 0 unspecified atom stereocenters. The van der Waals surface area contributed by atoms with Gasteiger partial charge >= 0.3 is 5.69 Å². The molecule has 5 nitrogen and oxygen atoms in total. The van der Waals surface area contributed by atoms with Crippen LogP contribution in [0, 0.1) is 0 Å². The first-order valence-electron chi connectivity index (χ1n) is 4.79. The topological polar surface area (TPSA) is 63.6 Å². The van der Waals surface area contributed by atoms with Gasteiger partial charge in [0.1, 0.15) is 0 Å². The average Bonchev–Trinajstić information content (AvgIpc) is 2.65. The highest BCUT2D eigenvalue weighted by Crippen LogP contribution is 2.15. The van der Waals surface area contributed by atoms with Crippen LogP contribution in [0.15, 0.2) is 29.1 Å². The monoisotopic (exact) mass is 204 g/mol. The molecule has 1 aromatic carbocycles. The van der Waals surface area contributed by atoms with Gasteiger partial charge in [-0.25, -0.2) is 9.89 Å². The minimum Gasteiger partial charge on any atom is -0.244 e. The number of benzene rings is 1. The summed E-state index contributed by atoms with van der Waals surface area (Å²) in [5, 5.41) is 9.34. The van der Waals surface area contributed by atoms with Crippen LogP contribution in [0.5, 0.6) is 0 Å². The molecule has 0 atom stereocenters. The molecule has 0 spiro atoms. The summed E-state index contributed by atoms with van der Waals surface area (Å²) < 4.78 is 1.23. The first-order chi connectivity index (χ1) is 7.18. The molecule has 15 heavy (non-hydrogen) atoms. The van der Waals surface area contributed by atoms with Gasteiger partial charge in [-0.05, 0) is 34.0 Å². The Balaban J connectivity index is 2.40. The lowest BCUT2D eigenvalue weighted by Gasteiger charge is -2.05. The number of hydrogen-bond acceptors (Lipinski definition) is 3. The first kappa shape index (κ1) is 9.64. The van der Waals surface area contributed by atoms with Gasteiger partial charge in [0.25, 0.3) is 0 Å². The van der Waals surface area contributed by atoms with Crippen molar-refractivity contribution in [2.24, 2.45) is 0 Å². The lowest BCUT2D eigenvalue weighted by molar-refractivity contribution is 0.777. The van der Waals surface area contributed by atoms with E-state index in [0.717, 1.165) is 5.69 Å². The summed E-state index contributed by atoms with van der Waals surface area (Å²) in [5.74, 6) is 0.480. The predicted octanol–water partition coefficient (Wildman–Crippen LogP) is 1.08. The Labute approximate surface area is 86.7 Å². The van der Waals surface area contributed by atoms with E-state index in [1.165, 1.54) is 10.2 Å². The lowest BCUT2D eigenvalue weighted by atomic mass is 10.0. The molecule has 0 fully saturated rings. The summed E-state index contributed by atoms with van der Waals surface area (Å²) in [6.45, 7) is 4.24. The highest BCUT2D eigenvalue weighted by molar-refractivity contribution is 5.34. The summed E-state index contributed by atoms with van der Waals surface area (Å²) in [7, 11) is 0. The second-order valence-electron chi connectivity index (χ2n) is 3.66. The molecule has 78 valence electrons. The van der Waals surface area contributed by atoms with Crippen molar-refractivity contribution in [3.8, 4) is 5.69 Å². The van der Waals surface area contributed by atoms with Crippen molar-refractivity contribution in [3.05, 3.63) is 40.3 Å². The van der Waals surface area contributed by atoms with Gasteiger partial charge in [-0.1, -0.05) is 26.0 Å². The molecular weight excluding hydrogens is 192 g/mol. The number of H-pyrrole nitrogens is 1. The van der Waals surface area contributed by atoms with Crippen molar-refractivity contribution in [3.63, 3.8) is 0 Å². The maximum atomic E-state index is 11.2. The fraction of sp³-hybridized carbons (Fsp3) is 0.300. The second-order valence-corrected chi connectivity index (χ2v) is 3.66. The molecule has 0 amide bonds. The summed E-state index contributed by atoms with van der Waals surface area (Å²) in [6, 6.07) is 7.70. The molecule has 0 saturated carbocycles. The summed E-state index contributed by atoms with van der Waals surface area (Å²) in [5.41, 5.74) is 1.63. The molecule has 1 aromatic heterocycles. The van der Waals surface area contributed by atoms with Gasteiger partial charge in [0.2, 0.25) is 0 Å². The Hall–Kier alpha value is -1.91. The molecule has 0 saturated heterocycles. The van der Waals surface area contributed by atoms with E-state index in [-0.39, 0.29) is 5.69 Å². The molecule has 2 rings (SSSR count). The van der Waals surface area contributed by atoms with Gasteiger partial charge < -0.3 is 0 Å². The number of aromatic amines is 1. The van der Waals surface area contributed by atoms with Crippen LogP contribution in [0.4, 0.5) is 0 Å². The molecule has 0 aliphatic carbocycles. The minimum absolute atomic E-state index is 0.327. The highest BCUT2D eigenvalue weighted by atomic mass is 16.2. The molecule has 2 aromatic rings. The smallest absolute Gasteiger partial charge is 0.244 e. The van der Waals surface area contributed by atoms with Gasteiger partial charge in [-0.15, -0.1) is 0 Å². The fourth-order valence-electron chi connectivity index (χ4n) is 1.37. The van der Waals surface area contributed by atoms with Crippen molar-refractivity contribution in [2.75, 3.05) is 0 Å². The van der Waals surface area contributed by atoms with E-state index in [1.54, 1.807) is 0 Å². The average molecular weight is 204 g/mol. The van der Waals surface area contributed by atoms with E-state index in [0.29, 0.717) is 5.92 Å². The summed E-state index contributed by atoms with van der Waals surface area (Å²) in [4.78, 5) is 11.2. The molecule has 0 radical (unpaired) electrons. The summed E-state index contributed by atoms with van der Waals surface area (Å²) >= 11 is 0. The highest BCUT2D eigenvalue weighted by Gasteiger charge is 2.03. The Morgan fingerprint density at radius 2 is 1.93 bits per heavy atom. The van der Waals surface area contributed by atoms with Gasteiger partial charge in [0.05, 0.1) is 5.69 Å². The zero-order valence-corrected chi connectivity index (χ0v) is 8.64. The number of nitrogens with one attached hydrogen (secondary N) is 1. The second kappa shape index (κ2) is 3.68. The van der Waals surface area contributed by atoms with Gasteiger partial charge in [-0.2, -0.15) is 4.68 Å². The van der Waals surface area contributed by atoms with E-state index < -0.39 is 0 Å². The maximum absolute atomic E-state index is 11.2. The van der Waals surface area contributed by atoms with E-state index in [4.69, 9.17) is 0 Å². The zero-order valence-electron chi connectivity index (χ0n) is 8.64. The van der Waals surface area contributed by atoms with Crippen molar-refractivity contribution >= 4 is 0 Å². The number of tetrazole rings is 1. The fourth-order valence-corrected chi connectivity index (χ4v) is 1.37. The number of hydrogen-bond donors (Lipinski definition) is 1. The lowest BCUT2D eigenvalue weighted by Crippen LogP contribution is -2.15. The molecule has 0 bridgehead atoms. The van der Waals surface area contributed by atoms with Gasteiger partial charge in [-0.3, -0.25) is 0 Å². The van der Waals surface area contributed by atoms with Crippen LogP contribution in [0.3, 0.4) is 0 Å². The van der Waals surface area contributed by atoms with Crippen LogP contribution >= 0.6 is 0 Å². The van der Waals surface area contributed by atoms with E-state index in [9.17, 15) is 4.79 Å². The number of rotatable bonds is 2. The molecule has 5 heteroatoms. The van der Waals surface area contributed by atoms with Crippen LogP contribution < -0.4 is 5.69 Å². The molecule has 0 aliphatic rings. The predicted molar refractivity (Wildman–Crippen MR) is 56.1 cm³/mol. The minimum atomic E-state index is -0.327. The third kappa shape index (κ3) is 1.81. The molecular formula is C10H12N4O. The van der Waals surface area contributed by atoms with Crippen LogP contribution in [0.1, 0.15) is 25.3 Å². The summed E-state index contributed by atoms with van der Waals surface area (Å²) in [6.07, 6.45) is 0. The van der Waals surface area contributed by atoms with E-state index in [2.05, 4.69) is 29.4 Å². The number of nitrogens with zero attached hydrogens (tertiary/aromatic N) is 3. The molecule has 1 heterocycles. The van der Waals surface area contributed by atoms with Crippen LogP contribution in [0.25, 0.3) is 5.69 Å². The largest absolute Gasteiger partial charge is 0.365 e. The van der Waals surface area contributed by atoms with Crippen molar-refractivity contribution in [1.82, 2.24) is 20.2 Å². The Morgan fingerprint density at radius 1 is 1.27 bits per heavy atom. The van der Waals surface area contributed by atoms with Crippen molar-refractivity contribution in [1.29, 1.82) is 0 Å². The van der Waals surface area contributed by atoms with E-state index in [1.807, 2.05) is 24.3 Å². The van der Waals surface area contributed by atoms with Crippen LogP contribution in [-0.4, -0.2) is 20.2 Å². The zero-order chi connectivity index (χ0) is 10.8. The number of aromatic nitrogens is 4. The third-order valence-electron chi connectivity index (χ3n) is 2.28. The SMILES string of the molecule is CC(C)c1ccc(-n2nn[nH]c2=O)cc1. The van der Waals surface area contributed by atoms with Gasteiger partial charge in [0, 0.05) is 0 Å². The van der Waals surface area contributed by atoms with Crippen molar-refractivity contribution < 1.29 is 0 Å².